The van der Waals surface area contributed by atoms with Crippen LogP contribution in [0.5, 0.6) is 0 Å². The van der Waals surface area contributed by atoms with Crippen LogP contribution in [0, 0.1) is 0 Å². The lowest BCUT2D eigenvalue weighted by Gasteiger charge is -2.40. The van der Waals surface area contributed by atoms with Crippen molar-refractivity contribution in [2.24, 2.45) is 0 Å². The highest BCUT2D eigenvalue weighted by atomic mass is 28.5. The lowest BCUT2D eigenvalue weighted by Crippen LogP contribution is -2.68. The zero-order valence-electron chi connectivity index (χ0n) is 22.4. The summed E-state index contributed by atoms with van der Waals surface area (Å²) in [6, 6.07) is -0.268. The zero-order chi connectivity index (χ0) is 35.9. The van der Waals surface area contributed by atoms with E-state index in [0.717, 1.165) is 5.32 Å². The van der Waals surface area contributed by atoms with E-state index in [9.17, 15) is 79.4 Å². The first kappa shape index (κ1) is 41.6. The zero-order valence-corrected chi connectivity index (χ0v) is 26.4. The van der Waals surface area contributed by atoms with Crippen LogP contribution in [0.3, 0.4) is 0 Å². The number of alkyl halides is 17. The molecule has 1 amide bonds. The second kappa shape index (κ2) is 13.2. The topological polar surface area (TPSA) is 86.6 Å². The van der Waals surface area contributed by atoms with E-state index in [0.29, 0.717) is 0 Å². The van der Waals surface area contributed by atoms with Crippen molar-refractivity contribution in [3.63, 3.8) is 0 Å². The first-order valence-electron chi connectivity index (χ1n) is 11.3. The molecule has 1 N–H and O–H groups in total. The van der Waals surface area contributed by atoms with Crippen LogP contribution in [0.1, 0.15) is 6.42 Å². The van der Waals surface area contributed by atoms with E-state index in [-0.39, 0.29) is 6.04 Å². The van der Waals surface area contributed by atoms with Gasteiger partial charge in [0, 0.05) is 25.7 Å². The van der Waals surface area contributed by atoms with Gasteiger partial charge in [0.2, 0.25) is 0 Å². The van der Waals surface area contributed by atoms with Crippen molar-refractivity contribution in [1.29, 1.82) is 0 Å². The number of amides is 1. The van der Waals surface area contributed by atoms with Crippen LogP contribution in [0.25, 0.3) is 0 Å². The fourth-order valence-electron chi connectivity index (χ4n) is 3.09. The molecule has 265 valence electrons. The molecule has 0 aromatic heterocycles. The molecule has 3 unspecified atom stereocenters. The molecule has 0 aromatic carbocycles. The third kappa shape index (κ3) is 9.14. The van der Waals surface area contributed by atoms with Crippen molar-refractivity contribution in [2.75, 3.05) is 6.54 Å². The van der Waals surface area contributed by atoms with Gasteiger partial charge < -0.3 is 21.4 Å². The van der Waals surface area contributed by atoms with Gasteiger partial charge in [-0.1, -0.05) is 0 Å². The van der Waals surface area contributed by atoms with E-state index >= 15 is 0 Å². The van der Waals surface area contributed by atoms with E-state index in [1.165, 1.54) is 24.4 Å². The number of carbonyl (C=O) groups excluding carboxylic acids is 1. The van der Waals surface area contributed by atoms with Crippen molar-refractivity contribution < 1.29 is 105 Å². The molecule has 3 atom stereocenters. The SMILES string of the molecule is C[Si]1O[Si-](C)[O+]=[Si](C)O[Si](C)(CCCNC(=O)C(F)(OC(F)(F)C(F)(OC(F)(F)C(F)(F)C(F)(F)F)C(F)(F)F)C(F)(F)F)O1. The Morgan fingerprint density at radius 3 is 1.76 bits per heavy atom. The third-order valence-electron chi connectivity index (χ3n) is 5.04. The molecule has 0 spiro atoms. The summed E-state index contributed by atoms with van der Waals surface area (Å²) in [5.74, 6) is -26.2. The van der Waals surface area contributed by atoms with Crippen molar-refractivity contribution in [2.45, 2.75) is 87.0 Å². The highest BCUT2D eigenvalue weighted by Crippen LogP contribution is 2.56. The van der Waals surface area contributed by atoms with Gasteiger partial charge in [-0.15, -0.1) is 0 Å². The van der Waals surface area contributed by atoms with Crippen LogP contribution < -0.4 is 5.32 Å². The molecule has 8 nitrogen and oxygen atoms in total. The molecule has 0 saturated heterocycles. The Labute approximate surface area is 246 Å². The average molecular weight is 773 g/mol. The monoisotopic (exact) mass is 772 g/mol. The summed E-state index contributed by atoms with van der Waals surface area (Å²) in [5, 5.41) is 0.966. The van der Waals surface area contributed by atoms with Gasteiger partial charge >= 0.3 is 84.4 Å². The highest BCUT2D eigenvalue weighted by Gasteiger charge is 2.85. The molecule has 1 aliphatic rings. The predicted molar refractivity (Wildman–Crippen MR) is 116 cm³/mol. The van der Waals surface area contributed by atoms with Crippen molar-refractivity contribution in [3.8, 4) is 0 Å². The van der Waals surface area contributed by atoms with Gasteiger partial charge in [0.1, 0.15) is 0 Å². The van der Waals surface area contributed by atoms with Crippen LogP contribution >= 0.6 is 0 Å². The first-order valence-corrected chi connectivity index (χ1v) is 19.3. The lowest BCUT2D eigenvalue weighted by molar-refractivity contribution is -0.548. The number of hydrogen-bond donors (Lipinski definition) is 1. The second-order valence-electron chi connectivity index (χ2n) is 8.87. The maximum Gasteiger partial charge on any atom is 0.556 e. The van der Waals surface area contributed by atoms with Crippen molar-refractivity contribution in [3.05, 3.63) is 0 Å². The van der Waals surface area contributed by atoms with E-state index in [1.807, 2.05) is 4.74 Å². The Bertz CT molecular complexity index is 1090. The molecule has 29 heteroatoms. The van der Waals surface area contributed by atoms with E-state index in [1.54, 1.807) is 6.55 Å². The van der Waals surface area contributed by atoms with E-state index < -0.39 is 103 Å². The minimum absolute atomic E-state index is 0.268. The van der Waals surface area contributed by atoms with Gasteiger partial charge in [-0.2, -0.15) is 74.6 Å². The Morgan fingerprint density at radius 1 is 0.800 bits per heavy atom. The molecule has 0 saturated carbocycles. The van der Waals surface area contributed by atoms with E-state index in [2.05, 4.69) is 0 Å². The van der Waals surface area contributed by atoms with Gasteiger partial charge in [0.15, 0.2) is 0 Å². The maximum absolute atomic E-state index is 14.7. The first-order chi connectivity index (χ1) is 19.7. The van der Waals surface area contributed by atoms with Crippen molar-refractivity contribution >= 4 is 42.0 Å². The van der Waals surface area contributed by atoms with Gasteiger partial charge in [-0.3, -0.25) is 14.3 Å². The molecule has 1 radical (unpaired) electrons. The number of halogens is 17. The van der Waals surface area contributed by atoms with Gasteiger partial charge in [0.05, 0.1) is 0 Å². The molecule has 45 heavy (non-hydrogen) atoms. The molecule has 1 heterocycles. The van der Waals surface area contributed by atoms with Crippen LogP contribution in [-0.4, -0.2) is 96.9 Å². The van der Waals surface area contributed by atoms with Crippen LogP contribution in [0.4, 0.5) is 74.6 Å². The Hall–Kier alpha value is -1.41. The Morgan fingerprint density at radius 2 is 1.31 bits per heavy atom. The quantitative estimate of drug-likeness (QED) is 0.123. The van der Waals surface area contributed by atoms with Gasteiger partial charge in [0.25, 0.3) is 5.91 Å². The molecular weight excluding hydrogens is 753 g/mol. The van der Waals surface area contributed by atoms with E-state index in [4.69, 9.17) is 16.1 Å². The van der Waals surface area contributed by atoms with Gasteiger partial charge in [-0.05, 0) is 19.5 Å². The molecule has 0 aromatic rings. The standard InChI is InChI=1S/C16H19F17NO7Si4/c1-42-38-43(2)40-45(4,41-44(3)39-42)7-5-6-34-8(35)9(17,12(21,22)23)36-16(32,33)11(20,14(27,28)29)37-15(30,31)10(18,19)13(24,25)26/h5-7H2,1-4H3,(H,34,35). The maximum atomic E-state index is 14.7. The number of ether oxygens (including phenoxy) is 2. The number of nitrogens with one attached hydrogen (secondary N) is 1. The minimum Gasteiger partial charge on any atom is -0.629 e. The number of carbonyl (C=O) groups is 1. The van der Waals surface area contributed by atoms with Crippen LogP contribution in [-0.2, 0) is 30.4 Å². The second-order valence-corrected chi connectivity index (χ2v) is 17.9. The summed E-state index contributed by atoms with van der Waals surface area (Å²) in [5.41, 5.74) is 0. The summed E-state index contributed by atoms with van der Waals surface area (Å²) in [7, 11) is -9.16. The van der Waals surface area contributed by atoms with Gasteiger partial charge in [-0.25, -0.2) is 0 Å². The number of hydrogen-bond acceptors (Lipinski definition) is 6. The third-order valence-corrected chi connectivity index (χ3v) is 16.7. The molecule has 0 fully saturated rings. The largest absolute Gasteiger partial charge is 0.629 e. The number of rotatable bonds is 11. The molecule has 1 aliphatic heterocycles. The summed E-state index contributed by atoms with van der Waals surface area (Å²) >= 11 is 0. The average Bonchev–Trinajstić information content (AvgIpc) is 2.77. The summed E-state index contributed by atoms with van der Waals surface area (Å²) < 4.78 is 251. The fourth-order valence-corrected chi connectivity index (χ4v) is 15.0. The Kier molecular flexibility index (Phi) is 12.2. The molecular formula is C16H19F17NO7Si4. The molecule has 0 bridgehead atoms. The van der Waals surface area contributed by atoms with Crippen LogP contribution in [0.2, 0.25) is 32.2 Å². The summed E-state index contributed by atoms with van der Waals surface area (Å²) in [4.78, 5) is 11.9. The summed E-state index contributed by atoms with van der Waals surface area (Å²) in [6.45, 7) is 4.84. The smallest absolute Gasteiger partial charge is 0.556 e. The highest BCUT2D eigenvalue weighted by molar-refractivity contribution is 6.78. The van der Waals surface area contributed by atoms with Crippen LogP contribution in [0.15, 0.2) is 0 Å². The predicted octanol–water partition coefficient (Wildman–Crippen LogP) is 5.82. The lowest BCUT2D eigenvalue weighted by atomic mass is 10.2. The Balaban J connectivity index is 3.30. The molecule has 0 aliphatic carbocycles. The summed E-state index contributed by atoms with van der Waals surface area (Å²) in [6.07, 6.45) is -39.2. The molecule has 1 rings (SSSR count). The fraction of sp³-hybridized carbons (Fsp3) is 0.938. The minimum atomic E-state index is -8.07. The normalized spacial score (nSPS) is 22.9. The van der Waals surface area contributed by atoms with Crippen molar-refractivity contribution in [1.82, 2.24) is 5.32 Å².